The summed E-state index contributed by atoms with van der Waals surface area (Å²) in [5, 5.41) is 13.3. The number of aliphatic hydroxyl groups excluding tert-OH is 1. The van der Waals surface area contributed by atoms with E-state index in [-0.39, 0.29) is 12.6 Å². The summed E-state index contributed by atoms with van der Waals surface area (Å²) in [7, 11) is 0. The van der Waals surface area contributed by atoms with E-state index < -0.39 is 0 Å². The van der Waals surface area contributed by atoms with Crippen LogP contribution in [0, 0.1) is 0 Å². The van der Waals surface area contributed by atoms with Gasteiger partial charge in [0.15, 0.2) is 0 Å². The van der Waals surface area contributed by atoms with Gasteiger partial charge in [0, 0.05) is 17.0 Å². The van der Waals surface area contributed by atoms with Crippen LogP contribution in [0.25, 0.3) is 0 Å². The molecule has 88 valence electrons. The summed E-state index contributed by atoms with van der Waals surface area (Å²) in [6, 6.07) is 6.49. The highest BCUT2D eigenvalue weighted by molar-refractivity contribution is 7.99. The number of rotatable bonds is 3. The standard InChI is InChI=1S/C12H16ClNOS/c1-8(7-15)14-11-5-6-16-12-9(11)3-2-4-10(12)13/h2-4,8,11,14-15H,5-7H2,1H3/t8-,11?/m1/s1. The second-order valence-electron chi connectivity index (χ2n) is 4.10. The van der Waals surface area contributed by atoms with Crippen molar-refractivity contribution in [3.63, 3.8) is 0 Å². The SMILES string of the molecule is C[C@H](CO)NC1CCSc2c(Cl)cccc21. The van der Waals surface area contributed by atoms with Crippen molar-refractivity contribution in [2.75, 3.05) is 12.4 Å². The zero-order valence-electron chi connectivity index (χ0n) is 9.24. The number of thioether (sulfide) groups is 1. The molecule has 1 heterocycles. The summed E-state index contributed by atoms with van der Waals surface area (Å²) in [5.41, 5.74) is 1.27. The van der Waals surface area contributed by atoms with E-state index in [1.807, 2.05) is 30.8 Å². The molecule has 2 atom stereocenters. The van der Waals surface area contributed by atoms with Gasteiger partial charge in [-0.2, -0.15) is 0 Å². The van der Waals surface area contributed by atoms with Crippen LogP contribution in [-0.4, -0.2) is 23.5 Å². The normalized spacial score (nSPS) is 21.6. The molecule has 0 aromatic heterocycles. The maximum atomic E-state index is 9.07. The lowest BCUT2D eigenvalue weighted by Crippen LogP contribution is -2.34. The second-order valence-corrected chi connectivity index (χ2v) is 5.61. The molecule has 2 N–H and O–H groups in total. The Hall–Kier alpha value is -0.220. The summed E-state index contributed by atoms with van der Waals surface area (Å²) < 4.78 is 0. The Labute approximate surface area is 105 Å². The molecule has 4 heteroatoms. The third-order valence-corrected chi connectivity index (χ3v) is 4.40. The molecule has 16 heavy (non-hydrogen) atoms. The van der Waals surface area contributed by atoms with Gasteiger partial charge in [0.25, 0.3) is 0 Å². The average molecular weight is 258 g/mol. The number of benzene rings is 1. The number of halogens is 1. The first-order valence-corrected chi connectivity index (χ1v) is 6.87. The van der Waals surface area contributed by atoms with Crippen LogP contribution < -0.4 is 5.32 Å². The average Bonchev–Trinajstić information content (AvgIpc) is 2.30. The number of fused-ring (bicyclic) bond motifs is 1. The number of hydrogen-bond donors (Lipinski definition) is 2. The van der Waals surface area contributed by atoms with E-state index in [0.717, 1.165) is 17.2 Å². The quantitative estimate of drug-likeness (QED) is 0.874. The van der Waals surface area contributed by atoms with Crippen LogP contribution in [0.5, 0.6) is 0 Å². The van der Waals surface area contributed by atoms with Gasteiger partial charge >= 0.3 is 0 Å². The molecule has 2 rings (SSSR count). The van der Waals surface area contributed by atoms with E-state index in [4.69, 9.17) is 16.7 Å². The molecule has 1 aliphatic rings. The fourth-order valence-corrected chi connectivity index (χ4v) is 3.44. The van der Waals surface area contributed by atoms with Crippen LogP contribution in [0.3, 0.4) is 0 Å². The summed E-state index contributed by atoms with van der Waals surface area (Å²) in [4.78, 5) is 1.19. The lowest BCUT2D eigenvalue weighted by atomic mass is 10.0. The van der Waals surface area contributed by atoms with Crippen molar-refractivity contribution in [1.82, 2.24) is 5.32 Å². The van der Waals surface area contributed by atoms with E-state index in [0.29, 0.717) is 6.04 Å². The number of aliphatic hydroxyl groups is 1. The maximum Gasteiger partial charge on any atom is 0.0582 e. The van der Waals surface area contributed by atoms with Gasteiger partial charge in [0.1, 0.15) is 0 Å². The predicted molar refractivity (Wildman–Crippen MR) is 69.2 cm³/mol. The Morgan fingerprint density at radius 2 is 2.44 bits per heavy atom. The van der Waals surface area contributed by atoms with Crippen LogP contribution in [0.4, 0.5) is 0 Å². The molecule has 1 aromatic carbocycles. The van der Waals surface area contributed by atoms with Crippen molar-refractivity contribution in [2.24, 2.45) is 0 Å². The van der Waals surface area contributed by atoms with Crippen molar-refractivity contribution in [1.29, 1.82) is 0 Å². The summed E-state index contributed by atoms with van der Waals surface area (Å²) in [5.74, 6) is 1.08. The van der Waals surface area contributed by atoms with Gasteiger partial charge in [-0.25, -0.2) is 0 Å². The van der Waals surface area contributed by atoms with Crippen molar-refractivity contribution in [3.8, 4) is 0 Å². The summed E-state index contributed by atoms with van der Waals surface area (Å²) >= 11 is 8.00. The topological polar surface area (TPSA) is 32.3 Å². The lowest BCUT2D eigenvalue weighted by molar-refractivity contribution is 0.239. The summed E-state index contributed by atoms with van der Waals surface area (Å²) in [6.45, 7) is 2.16. The van der Waals surface area contributed by atoms with Crippen LogP contribution in [0.2, 0.25) is 5.02 Å². The Morgan fingerprint density at radius 3 is 3.19 bits per heavy atom. The van der Waals surface area contributed by atoms with Gasteiger partial charge in [-0.3, -0.25) is 0 Å². The molecule has 0 fully saturated rings. The number of hydrogen-bond acceptors (Lipinski definition) is 3. The predicted octanol–water partition coefficient (Wildman–Crippen LogP) is 2.85. The van der Waals surface area contributed by atoms with E-state index in [2.05, 4.69) is 11.4 Å². The van der Waals surface area contributed by atoms with Crippen molar-refractivity contribution >= 4 is 23.4 Å². The minimum absolute atomic E-state index is 0.125. The first kappa shape index (κ1) is 12.2. The van der Waals surface area contributed by atoms with Gasteiger partial charge in [-0.05, 0) is 30.7 Å². The molecule has 0 amide bonds. The van der Waals surface area contributed by atoms with Crippen molar-refractivity contribution in [2.45, 2.75) is 30.3 Å². The molecular weight excluding hydrogens is 242 g/mol. The van der Waals surface area contributed by atoms with Crippen LogP contribution in [0.15, 0.2) is 23.1 Å². The Bertz CT molecular complexity index is 372. The number of nitrogens with one attached hydrogen (secondary N) is 1. The van der Waals surface area contributed by atoms with Crippen LogP contribution in [0.1, 0.15) is 24.9 Å². The van der Waals surface area contributed by atoms with Gasteiger partial charge in [0.2, 0.25) is 0 Å². The molecule has 0 saturated heterocycles. The third-order valence-electron chi connectivity index (χ3n) is 2.79. The Kier molecular flexibility index (Phi) is 4.14. The first-order chi connectivity index (χ1) is 7.72. The van der Waals surface area contributed by atoms with Gasteiger partial charge in [-0.15, -0.1) is 11.8 Å². The molecule has 0 aliphatic carbocycles. The zero-order valence-corrected chi connectivity index (χ0v) is 10.8. The molecular formula is C12H16ClNOS. The highest BCUT2D eigenvalue weighted by Gasteiger charge is 2.23. The Balaban J connectivity index is 2.23. The zero-order chi connectivity index (χ0) is 11.5. The second kappa shape index (κ2) is 5.41. The smallest absolute Gasteiger partial charge is 0.0582 e. The fraction of sp³-hybridized carbons (Fsp3) is 0.500. The van der Waals surface area contributed by atoms with Gasteiger partial charge in [-0.1, -0.05) is 23.7 Å². The Morgan fingerprint density at radius 1 is 1.62 bits per heavy atom. The van der Waals surface area contributed by atoms with E-state index in [1.54, 1.807) is 0 Å². The molecule has 1 aliphatic heterocycles. The molecule has 0 saturated carbocycles. The molecule has 2 nitrogen and oxygen atoms in total. The highest BCUT2D eigenvalue weighted by Crippen LogP contribution is 2.40. The lowest BCUT2D eigenvalue weighted by Gasteiger charge is -2.28. The van der Waals surface area contributed by atoms with Gasteiger partial charge < -0.3 is 10.4 Å². The minimum atomic E-state index is 0.125. The molecule has 0 bridgehead atoms. The monoisotopic (exact) mass is 257 g/mol. The fourth-order valence-electron chi connectivity index (χ4n) is 1.96. The van der Waals surface area contributed by atoms with Crippen molar-refractivity contribution in [3.05, 3.63) is 28.8 Å². The van der Waals surface area contributed by atoms with E-state index in [1.165, 1.54) is 10.5 Å². The van der Waals surface area contributed by atoms with E-state index in [9.17, 15) is 0 Å². The maximum absolute atomic E-state index is 9.07. The van der Waals surface area contributed by atoms with E-state index >= 15 is 0 Å². The molecule has 1 aromatic rings. The van der Waals surface area contributed by atoms with Crippen molar-refractivity contribution < 1.29 is 5.11 Å². The first-order valence-electron chi connectivity index (χ1n) is 5.50. The summed E-state index contributed by atoms with van der Waals surface area (Å²) in [6.07, 6.45) is 1.09. The largest absolute Gasteiger partial charge is 0.395 e. The minimum Gasteiger partial charge on any atom is -0.395 e. The highest BCUT2D eigenvalue weighted by atomic mass is 35.5. The molecule has 1 unspecified atom stereocenters. The van der Waals surface area contributed by atoms with Crippen LogP contribution >= 0.6 is 23.4 Å². The molecule has 0 spiro atoms. The van der Waals surface area contributed by atoms with Crippen LogP contribution in [-0.2, 0) is 0 Å². The van der Waals surface area contributed by atoms with Gasteiger partial charge in [0.05, 0.1) is 11.6 Å². The third kappa shape index (κ3) is 2.54. The molecule has 0 radical (unpaired) electrons.